The number of halogens is 2. The molecule has 1 atom stereocenters. The maximum Gasteiger partial charge on any atom is 0.233 e. The van der Waals surface area contributed by atoms with Crippen LogP contribution in [0.1, 0.15) is 29.2 Å². The SMILES string of the molecule is COc1nc(N[C@H]2CCc3c(Br)cccc32)c(I)cc1C#N. The van der Waals surface area contributed by atoms with Crippen molar-refractivity contribution in [3.8, 4) is 11.9 Å². The number of methoxy groups -OCH3 is 1. The molecule has 0 spiro atoms. The summed E-state index contributed by atoms with van der Waals surface area (Å²) in [5, 5.41) is 12.6. The van der Waals surface area contributed by atoms with E-state index >= 15 is 0 Å². The molecule has 1 aliphatic carbocycles. The molecule has 0 radical (unpaired) electrons. The van der Waals surface area contributed by atoms with Gasteiger partial charge in [0.25, 0.3) is 0 Å². The Balaban J connectivity index is 1.93. The number of hydrogen-bond donors (Lipinski definition) is 1. The molecule has 0 fully saturated rings. The Morgan fingerprint density at radius 2 is 2.32 bits per heavy atom. The van der Waals surface area contributed by atoms with Crippen LogP contribution in [0.25, 0.3) is 0 Å². The van der Waals surface area contributed by atoms with E-state index < -0.39 is 0 Å². The fourth-order valence-corrected chi connectivity index (χ4v) is 3.90. The third-order valence-corrected chi connectivity index (χ3v) is 5.34. The number of benzene rings is 1. The second-order valence-corrected chi connectivity index (χ2v) is 7.05. The summed E-state index contributed by atoms with van der Waals surface area (Å²) in [7, 11) is 1.53. The van der Waals surface area contributed by atoms with Crippen LogP contribution in [-0.4, -0.2) is 12.1 Å². The van der Waals surface area contributed by atoms with Crippen molar-refractivity contribution in [2.24, 2.45) is 0 Å². The molecule has 112 valence electrons. The summed E-state index contributed by atoms with van der Waals surface area (Å²) in [5.74, 6) is 1.12. The van der Waals surface area contributed by atoms with Gasteiger partial charge < -0.3 is 10.1 Å². The molecule has 0 bridgehead atoms. The predicted octanol–water partition coefficient (Wildman–Crippen LogP) is 4.43. The van der Waals surface area contributed by atoms with E-state index in [9.17, 15) is 0 Å². The first-order valence-electron chi connectivity index (χ1n) is 6.82. The van der Waals surface area contributed by atoms with Gasteiger partial charge in [0.05, 0.1) is 16.7 Å². The lowest BCUT2D eigenvalue weighted by atomic mass is 10.1. The molecule has 4 nitrogen and oxygen atoms in total. The minimum atomic E-state index is 0.228. The number of nitrogens with one attached hydrogen (secondary N) is 1. The van der Waals surface area contributed by atoms with Gasteiger partial charge >= 0.3 is 0 Å². The lowest BCUT2D eigenvalue weighted by molar-refractivity contribution is 0.396. The van der Waals surface area contributed by atoms with Gasteiger partial charge in [0.1, 0.15) is 17.5 Å². The molecule has 1 aliphatic rings. The first-order valence-corrected chi connectivity index (χ1v) is 8.69. The molecule has 1 N–H and O–H groups in total. The number of nitriles is 1. The summed E-state index contributed by atoms with van der Waals surface area (Å²) >= 11 is 5.81. The standard InChI is InChI=1S/C16H13BrIN3O/c1-22-16-9(8-19)7-13(18)15(21-16)20-14-6-5-10-11(14)3-2-4-12(10)17/h2-4,7,14H,5-6H2,1H3,(H,20,21)/t14-/m0/s1. The van der Waals surface area contributed by atoms with Crippen molar-refractivity contribution >= 4 is 44.3 Å². The third-order valence-electron chi connectivity index (χ3n) is 3.78. The lowest BCUT2D eigenvalue weighted by Gasteiger charge is -2.17. The Morgan fingerprint density at radius 3 is 3.05 bits per heavy atom. The van der Waals surface area contributed by atoms with Gasteiger partial charge in [-0.3, -0.25) is 0 Å². The molecule has 3 rings (SSSR count). The number of pyridine rings is 1. The maximum absolute atomic E-state index is 9.11. The van der Waals surface area contributed by atoms with Gasteiger partial charge in [0.2, 0.25) is 5.88 Å². The molecule has 1 aromatic carbocycles. The molecule has 22 heavy (non-hydrogen) atoms. The number of ether oxygens (including phenoxy) is 1. The molecule has 0 amide bonds. The highest BCUT2D eigenvalue weighted by molar-refractivity contribution is 14.1. The van der Waals surface area contributed by atoms with E-state index in [1.54, 1.807) is 6.07 Å². The molecule has 0 saturated carbocycles. The smallest absolute Gasteiger partial charge is 0.233 e. The van der Waals surface area contributed by atoms with E-state index in [0.29, 0.717) is 11.4 Å². The number of rotatable bonds is 3. The average Bonchev–Trinajstić information content (AvgIpc) is 2.93. The minimum Gasteiger partial charge on any atom is -0.480 e. The Bertz CT molecular complexity index is 773. The van der Waals surface area contributed by atoms with Crippen LogP contribution in [-0.2, 0) is 6.42 Å². The summed E-state index contributed by atoms with van der Waals surface area (Å²) in [6.07, 6.45) is 2.07. The van der Waals surface area contributed by atoms with Gasteiger partial charge in [-0.15, -0.1) is 0 Å². The topological polar surface area (TPSA) is 57.9 Å². The van der Waals surface area contributed by atoms with Gasteiger partial charge in [0, 0.05) is 4.47 Å². The monoisotopic (exact) mass is 469 g/mol. The van der Waals surface area contributed by atoms with E-state index in [1.165, 1.54) is 18.2 Å². The van der Waals surface area contributed by atoms with Crippen molar-refractivity contribution in [3.05, 3.63) is 49.0 Å². The molecule has 0 aliphatic heterocycles. The van der Waals surface area contributed by atoms with Crippen LogP contribution in [0.15, 0.2) is 28.7 Å². The Kier molecular flexibility index (Phi) is 4.54. The largest absolute Gasteiger partial charge is 0.480 e. The van der Waals surface area contributed by atoms with Gasteiger partial charge in [-0.05, 0) is 58.7 Å². The second-order valence-electron chi connectivity index (χ2n) is 5.03. The van der Waals surface area contributed by atoms with Crippen LogP contribution in [0.5, 0.6) is 5.88 Å². The zero-order chi connectivity index (χ0) is 15.7. The number of hydrogen-bond acceptors (Lipinski definition) is 4. The fraction of sp³-hybridized carbons (Fsp3) is 0.250. The summed E-state index contributed by atoms with van der Waals surface area (Å²) in [6.45, 7) is 0. The Labute approximate surface area is 151 Å². The molecule has 1 heterocycles. The van der Waals surface area contributed by atoms with Gasteiger partial charge in [0.15, 0.2) is 0 Å². The van der Waals surface area contributed by atoms with Gasteiger partial charge in [-0.1, -0.05) is 28.1 Å². The first-order chi connectivity index (χ1) is 10.6. The number of nitrogens with zero attached hydrogens (tertiary/aromatic N) is 2. The van der Waals surface area contributed by atoms with Gasteiger partial charge in [-0.25, -0.2) is 0 Å². The first kappa shape index (κ1) is 15.6. The summed E-state index contributed by atoms with van der Waals surface area (Å²) in [6, 6.07) is 10.4. The molecule has 6 heteroatoms. The molecule has 2 aromatic rings. The lowest BCUT2D eigenvalue weighted by Crippen LogP contribution is -2.10. The molecular weight excluding hydrogens is 457 g/mol. The van der Waals surface area contributed by atoms with Crippen molar-refractivity contribution in [2.45, 2.75) is 18.9 Å². The maximum atomic E-state index is 9.11. The summed E-state index contributed by atoms with van der Waals surface area (Å²) in [4.78, 5) is 4.45. The van der Waals surface area contributed by atoms with Crippen LogP contribution >= 0.6 is 38.5 Å². The van der Waals surface area contributed by atoms with E-state index in [2.05, 4.69) is 73.1 Å². The zero-order valence-electron chi connectivity index (χ0n) is 11.9. The Morgan fingerprint density at radius 1 is 1.50 bits per heavy atom. The van der Waals surface area contributed by atoms with Crippen molar-refractivity contribution in [3.63, 3.8) is 0 Å². The highest BCUT2D eigenvalue weighted by atomic mass is 127. The quantitative estimate of drug-likeness (QED) is 0.675. The third kappa shape index (κ3) is 2.79. The summed E-state index contributed by atoms with van der Waals surface area (Å²) in [5.41, 5.74) is 3.11. The van der Waals surface area contributed by atoms with E-state index in [4.69, 9.17) is 10.00 Å². The van der Waals surface area contributed by atoms with Crippen LogP contribution in [0.4, 0.5) is 5.82 Å². The van der Waals surface area contributed by atoms with Crippen molar-refractivity contribution in [2.75, 3.05) is 12.4 Å². The van der Waals surface area contributed by atoms with Crippen LogP contribution in [0.3, 0.4) is 0 Å². The fourth-order valence-electron chi connectivity index (χ4n) is 2.73. The number of fused-ring (bicyclic) bond motifs is 1. The van der Waals surface area contributed by atoms with Crippen LogP contribution < -0.4 is 10.1 Å². The number of aromatic nitrogens is 1. The second kappa shape index (κ2) is 6.42. The zero-order valence-corrected chi connectivity index (χ0v) is 15.6. The van der Waals surface area contributed by atoms with Crippen molar-refractivity contribution < 1.29 is 4.74 Å². The molecule has 0 saturated heterocycles. The van der Waals surface area contributed by atoms with Crippen molar-refractivity contribution in [1.29, 1.82) is 5.26 Å². The van der Waals surface area contributed by atoms with Crippen molar-refractivity contribution in [1.82, 2.24) is 4.98 Å². The van der Waals surface area contributed by atoms with Crippen LogP contribution in [0, 0.1) is 14.9 Å². The predicted molar refractivity (Wildman–Crippen MR) is 97.0 cm³/mol. The average molecular weight is 470 g/mol. The Hall–Kier alpha value is -1.33. The van der Waals surface area contributed by atoms with Crippen LogP contribution in [0.2, 0.25) is 0 Å². The molecule has 1 aromatic heterocycles. The highest BCUT2D eigenvalue weighted by Gasteiger charge is 2.25. The molecule has 0 unspecified atom stereocenters. The highest BCUT2D eigenvalue weighted by Crippen LogP contribution is 2.38. The van der Waals surface area contributed by atoms with E-state index in [-0.39, 0.29) is 6.04 Å². The minimum absolute atomic E-state index is 0.228. The summed E-state index contributed by atoms with van der Waals surface area (Å²) < 4.78 is 7.28. The number of anilines is 1. The molecular formula is C16H13BrIN3O. The van der Waals surface area contributed by atoms with Gasteiger partial charge in [-0.2, -0.15) is 10.2 Å². The van der Waals surface area contributed by atoms with E-state index in [0.717, 1.165) is 26.7 Å². The normalized spacial score (nSPS) is 16.0. The van der Waals surface area contributed by atoms with E-state index in [1.807, 2.05) is 0 Å².